The Labute approximate surface area is 112 Å². The summed E-state index contributed by atoms with van der Waals surface area (Å²) in [6.45, 7) is 4.37. The molecule has 100 valence electrons. The number of hydrogen-bond acceptors (Lipinski definition) is 3. The minimum atomic E-state index is -0.685. The Morgan fingerprint density at radius 2 is 2.28 bits per heavy atom. The number of nitrogens with zero attached hydrogens (tertiary/aromatic N) is 1. The van der Waals surface area contributed by atoms with Gasteiger partial charge in [-0.3, -0.25) is 9.69 Å². The molecule has 0 radical (unpaired) electrons. The molecule has 18 heavy (non-hydrogen) atoms. The summed E-state index contributed by atoms with van der Waals surface area (Å²) < 4.78 is 0. The molecule has 1 N–H and O–H groups in total. The third-order valence-electron chi connectivity index (χ3n) is 3.76. The summed E-state index contributed by atoms with van der Waals surface area (Å²) in [7, 11) is 0. The van der Waals surface area contributed by atoms with Gasteiger partial charge in [-0.2, -0.15) is 0 Å². The Morgan fingerprint density at radius 3 is 2.83 bits per heavy atom. The lowest BCUT2D eigenvalue weighted by Crippen LogP contribution is -2.43. The Balaban J connectivity index is 1.98. The van der Waals surface area contributed by atoms with E-state index in [1.54, 1.807) is 11.3 Å². The Kier molecular flexibility index (Phi) is 4.78. The molecule has 1 atom stereocenters. The van der Waals surface area contributed by atoms with Gasteiger partial charge in [-0.25, -0.2) is 0 Å². The van der Waals surface area contributed by atoms with Crippen LogP contribution < -0.4 is 0 Å². The van der Waals surface area contributed by atoms with Crippen LogP contribution in [0.4, 0.5) is 0 Å². The lowest BCUT2D eigenvalue weighted by atomic mass is 9.96. The number of aliphatic carboxylic acids is 1. The quantitative estimate of drug-likeness (QED) is 0.892. The van der Waals surface area contributed by atoms with Crippen LogP contribution in [0.2, 0.25) is 0 Å². The van der Waals surface area contributed by atoms with Gasteiger partial charge in [0.05, 0.1) is 6.42 Å². The van der Waals surface area contributed by atoms with Crippen LogP contribution in [0.25, 0.3) is 0 Å². The number of hydrogen-bond donors (Lipinski definition) is 1. The van der Waals surface area contributed by atoms with Crippen LogP contribution in [-0.4, -0.2) is 35.1 Å². The number of piperidine rings is 1. The van der Waals surface area contributed by atoms with Crippen molar-refractivity contribution in [3.05, 3.63) is 22.4 Å². The van der Waals surface area contributed by atoms with E-state index < -0.39 is 5.97 Å². The average Bonchev–Trinajstić information content (AvgIpc) is 2.81. The second-order valence-corrected chi connectivity index (χ2v) is 6.29. The van der Waals surface area contributed by atoms with E-state index in [1.807, 2.05) is 6.07 Å². The van der Waals surface area contributed by atoms with Crippen molar-refractivity contribution in [1.29, 1.82) is 0 Å². The van der Waals surface area contributed by atoms with Gasteiger partial charge < -0.3 is 5.11 Å². The van der Waals surface area contributed by atoms with Gasteiger partial charge in [0.2, 0.25) is 0 Å². The first-order valence-corrected chi connectivity index (χ1v) is 7.51. The zero-order valence-electron chi connectivity index (χ0n) is 10.8. The zero-order valence-corrected chi connectivity index (χ0v) is 11.7. The fourth-order valence-corrected chi connectivity index (χ4v) is 3.36. The van der Waals surface area contributed by atoms with Gasteiger partial charge in [0, 0.05) is 10.9 Å². The van der Waals surface area contributed by atoms with Gasteiger partial charge >= 0.3 is 5.97 Å². The van der Waals surface area contributed by atoms with Gasteiger partial charge in [0.25, 0.3) is 0 Å². The average molecular weight is 267 g/mol. The molecule has 1 aromatic rings. The summed E-state index contributed by atoms with van der Waals surface area (Å²) in [6, 6.07) is 4.30. The number of thiophene rings is 1. The Bertz CT molecular complexity index is 369. The molecule has 1 fully saturated rings. The number of carboxylic acids is 1. The van der Waals surface area contributed by atoms with Crippen LogP contribution in [-0.2, 0) is 11.2 Å². The highest BCUT2D eigenvalue weighted by molar-refractivity contribution is 7.09. The SMILES string of the molecule is CC1CCN(C(CC(=O)O)Cc2cccs2)CC1. The molecular weight excluding hydrogens is 246 g/mol. The van der Waals surface area contributed by atoms with Gasteiger partial charge in [0.15, 0.2) is 0 Å². The number of likely N-dealkylation sites (tertiary alicyclic amines) is 1. The highest BCUT2D eigenvalue weighted by Gasteiger charge is 2.25. The summed E-state index contributed by atoms with van der Waals surface area (Å²) in [5, 5.41) is 11.1. The Morgan fingerprint density at radius 1 is 1.56 bits per heavy atom. The Hall–Kier alpha value is -0.870. The van der Waals surface area contributed by atoms with Crippen LogP contribution in [0, 0.1) is 5.92 Å². The molecule has 0 aromatic carbocycles. The van der Waals surface area contributed by atoms with E-state index in [9.17, 15) is 4.79 Å². The van der Waals surface area contributed by atoms with Crippen molar-refractivity contribution >= 4 is 17.3 Å². The molecule has 4 heteroatoms. The van der Waals surface area contributed by atoms with E-state index >= 15 is 0 Å². The highest BCUT2D eigenvalue weighted by atomic mass is 32.1. The molecule has 0 aliphatic carbocycles. The van der Waals surface area contributed by atoms with Crippen molar-refractivity contribution in [2.45, 2.75) is 38.6 Å². The topological polar surface area (TPSA) is 40.5 Å². The molecular formula is C14H21NO2S. The maximum Gasteiger partial charge on any atom is 0.304 e. The minimum Gasteiger partial charge on any atom is -0.481 e. The summed E-state index contributed by atoms with van der Waals surface area (Å²) >= 11 is 1.72. The molecule has 0 amide bonds. The fourth-order valence-electron chi connectivity index (χ4n) is 2.59. The minimum absolute atomic E-state index is 0.161. The number of carbonyl (C=O) groups is 1. The molecule has 1 saturated heterocycles. The first kappa shape index (κ1) is 13.6. The predicted octanol–water partition coefficient (Wildman–Crippen LogP) is 2.87. The first-order valence-electron chi connectivity index (χ1n) is 6.63. The van der Waals surface area contributed by atoms with Crippen molar-refractivity contribution < 1.29 is 9.90 Å². The third kappa shape index (κ3) is 3.82. The van der Waals surface area contributed by atoms with Crippen LogP contribution in [0.1, 0.15) is 31.1 Å². The van der Waals surface area contributed by atoms with Crippen molar-refractivity contribution in [2.75, 3.05) is 13.1 Å². The normalized spacial score (nSPS) is 19.8. The van der Waals surface area contributed by atoms with Gasteiger partial charge in [-0.1, -0.05) is 13.0 Å². The van der Waals surface area contributed by atoms with E-state index in [1.165, 1.54) is 17.7 Å². The van der Waals surface area contributed by atoms with E-state index in [2.05, 4.69) is 23.3 Å². The summed E-state index contributed by atoms with van der Waals surface area (Å²) in [5.41, 5.74) is 0. The van der Waals surface area contributed by atoms with E-state index in [0.29, 0.717) is 0 Å². The third-order valence-corrected chi connectivity index (χ3v) is 4.66. The van der Waals surface area contributed by atoms with E-state index in [4.69, 9.17) is 5.11 Å². The van der Waals surface area contributed by atoms with Crippen molar-refractivity contribution in [2.24, 2.45) is 5.92 Å². The lowest BCUT2D eigenvalue weighted by Gasteiger charge is -2.36. The van der Waals surface area contributed by atoms with Crippen molar-refractivity contribution in [3.63, 3.8) is 0 Å². The summed E-state index contributed by atoms with van der Waals surface area (Å²) in [6.07, 6.45) is 3.52. The molecule has 1 aliphatic heterocycles. The van der Waals surface area contributed by atoms with E-state index in [-0.39, 0.29) is 12.5 Å². The van der Waals surface area contributed by atoms with Crippen molar-refractivity contribution in [3.8, 4) is 0 Å². The number of rotatable bonds is 5. The van der Waals surface area contributed by atoms with Crippen molar-refractivity contribution in [1.82, 2.24) is 4.90 Å². The monoisotopic (exact) mass is 267 g/mol. The second kappa shape index (κ2) is 6.34. The fraction of sp³-hybridized carbons (Fsp3) is 0.643. The molecule has 0 bridgehead atoms. The molecule has 2 heterocycles. The number of carboxylic acid groups (broad SMARTS) is 1. The van der Waals surface area contributed by atoms with Gasteiger partial charge in [0.1, 0.15) is 0 Å². The largest absolute Gasteiger partial charge is 0.481 e. The second-order valence-electron chi connectivity index (χ2n) is 5.25. The molecule has 1 aliphatic rings. The zero-order chi connectivity index (χ0) is 13.0. The van der Waals surface area contributed by atoms with Gasteiger partial charge in [-0.15, -0.1) is 11.3 Å². The molecule has 3 nitrogen and oxygen atoms in total. The van der Waals surface area contributed by atoms with Crippen LogP contribution >= 0.6 is 11.3 Å². The van der Waals surface area contributed by atoms with Crippen LogP contribution in [0.3, 0.4) is 0 Å². The molecule has 0 saturated carbocycles. The van der Waals surface area contributed by atoms with E-state index in [0.717, 1.165) is 25.4 Å². The first-order chi connectivity index (χ1) is 8.65. The molecule has 0 spiro atoms. The maximum absolute atomic E-state index is 11.0. The van der Waals surface area contributed by atoms with Gasteiger partial charge in [-0.05, 0) is 49.7 Å². The molecule has 1 unspecified atom stereocenters. The molecule has 2 rings (SSSR count). The predicted molar refractivity (Wildman–Crippen MR) is 74.0 cm³/mol. The lowest BCUT2D eigenvalue weighted by molar-refractivity contribution is -0.138. The summed E-state index contributed by atoms with van der Waals surface area (Å²) in [4.78, 5) is 14.7. The smallest absolute Gasteiger partial charge is 0.304 e. The van der Waals surface area contributed by atoms with Crippen LogP contribution in [0.5, 0.6) is 0 Å². The summed E-state index contributed by atoms with van der Waals surface area (Å²) in [5.74, 6) is 0.101. The standard InChI is InChI=1S/C14H21NO2S/c1-11-4-6-15(7-5-11)12(10-14(16)17)9-13-3-2-8-18-13/h2-3,8,11-12H,4-7,9-10H2,1H3,(H,16,17). The van der Waals surface area contributed by atoms with Crippen LogP contribution in [0.15, 0.2) is 17.5 Å². The maximum atomic E-state index is 11.0. The highest BCUT2D eigenvalue weighted by Crippen LogP contribution is 2.22. The molecule has 1 aromatic heterocycles.